The van der Waals surface area contributed by atoms with Crippen molar-refractivity contribution in [2.24, 2.45) is 16.0 Å². The molecule has 0 saturated heterocycles. The van der Waals surface area contributed by atoms with Crippen molar-refractivity contribution in [1.29, 1.82) is 0 Å². The molecule has 0 aromatic heterocycles. The quantitative estimate of drug-likeness (QED) is 0.644. The lowest BCUT2D eigenvalue weighted by molar-refractivity contribution is -0.118. The van der Waals surface area contributed by atoms with E-state index in [1.54, 1.807) is 31.4 Å². The Kier molecular flexibility index (Phi) is 5.27. The van der Waals surface area contributed by atoms with Gasteiger partial charge in [-0.15, -0.1) is 0 Å². The van der Waals surface area contributed by atoms with Crippen LogP contribution in [0.1, 0.15) is 20.3 Å². The smallest absolute Gasteiger partial charge is 0.261 e. The Morgan fingerprint density at radius 2 is 2.09 bits per heavy atom. The summed E-state index contributed by atoms with van der Waals surface area (Å²) in [4.78, 5) is 17.0. The van der Waals surface area contributed by atoms with Crippen LogP contribution in [0.15, 0.2) is 34.4 Å². The van der Waals surface area contributed by atoms with Crippen molar-refractivity contribution >= 4 is 23.0 Å². The third-order valence-corrected chi connectivity index (χ3v) is 3.54. The van der Waals surface area contributed by atoms with Crippen molar-refractivity contribution in [3.63, 3.8) is 0 Å². The topological polar surface area (TPSA) is 74.5 Å². The first-order chi connectivity index (χ1) is 10.6. The van der Waals surface area contributed by atoms with Gasteiger partial charge in [-0.3, -0.25) is 9.79 Å². The standard InChI is InChI=1S/C16H21N3O3/c1-11(17-9-4-10-20)15-12(2)18-19(16(15)21)13-5-7-14(22-3)8-6-13/h5-8,15,20H,4,9-10H2,1-3H3/t15-/m1/s1. The number of aliphatic hydroxyl groups excluding tert-OH is 1. The molecule has 1 N–H and O–H groups in total. The number of carbonyl (C=O) groups is 1. The first-order valence-electron chi connectivity index (χ1n) is 7.23. The molecular formula is C16H21N3O3. The lowest BCUT2D eigenvalue weighted by Crippen LogP contribution is -2.31. The average molecular weight is 303 g/mol. The number of anilines is 1. The van der Waals surface area contributed by atoms with Crippen LogP contribution >= 0.6 is 0 Å². The highest BCUT2D eigenvalue weighted by atomic mass is 16.5. The number of aliphatic hydroxyl groups is 1. The van der Waals surface area contributed by atoms with Crippen LogP contribution in [0.5, 0.6) is 5.75 Å². The first-order valence-corrected chi connectivity index (χ1v) is 7.23. The first kappa shape index (κ1) is 16.2. The van der Waals surface area contributed by atoms with Crippen molar-refractivity contribution in [3.8, 4) is 5.75 Å². The maximum atomic E-state index is 12.6. The third-order valence-electron chi connectivity index (χ3n) is 3.54. The lowest BCUT2D eigenvalue weighted by atomic mass is 9.99. The minimum Gasteiger partial charge on any atom is -0.497 e. The molecule has 0 radical (unpaired) electrons. The summed E-state index contributed by atoms with van der Waals surface area (Å²) in [6.45, 7) is 4.27. The molecule has 1 aliphatic heterocycles. The Morgan fingerprint density at radius 1 is 1.41 bits per heavy atom. The van der Waals surface area contributed by atoms with Crippen molar-refractivity contribution in [2.75, 3.05) is 25.3 Å². The number of benzene rings is 1. The minimum absolute atomic E-state index is 0.0977. The second-order valence-corrected chi connectivity index (χ2v) is 5.12. The normalized spacial score (nSPS) is 18.6. The number of ether oxygens (including phenoxy) is 1. The Labute approximate surface area is 130 Å². The highest BCUT2D eigenvalue weighted by Gasteiger charge is 2.36. The van der Waals surface area contributed by atoms with Gasteiger partial charge < -0.3 is 9.84 Å². The van der Waals surface area contributed by atoms with E-state index in [-0.39, 0.29) is 12.5 Å². The molecule has 0 aliphatic carbocycles. The van der Waals surface area contributed by atoms with Gasteiger partial charge in [-0.2, -0.15) is 10.1 Å². The number of carbonyl (C=O) groups excluding carboxylic acids is 1. The van der Waals surface area contributed by atoms with E-state index < -0.39 is 5.92 Å². The molecule has 1 heterocycles. The van der Waals surface area contributed by atoms with Crippen LogP contribution in [0, 0.1) is 5.92 Å². The van der Waals surface area contributed by atoms with E-state index in [2.05, 4.69) is 10.1 Å². The van der Waals surface area contributed by atoms with Crippen molar-refractivity contribution in [2.45, 2.75) is 20.3 Å². The molecule has 1 atom stereocenters. The number of rotatable bonds is 6. The Bertz CT molecular complexity index is 593. The van der Waals surface area contributed by atoms with Gasteiger partial charge in [-0.05, 0) is 44.5 Å². The number of nitrogens with zero attached hydrogens (tertiary/aromatic N) is 3. The summed E-state index contributed by atoms with van der Waals surface area (Å²) in [5.74, 6) is 0.211. The summed E-state index contributed by atoms with van der Waals surface area (Å²) in [6, 6.07) is 7.19. The van der Waals surface area contributed by atoms with Crippen molar-refractivity contribution < 1.29 is 14.6 Å². The van der Waals surface area contributed by atoms with Gasteiger partial charge in [-0.25, -0.2) is 0 Å². The van der Waals surface area contributed by atoms with E-state index in [1.165, 1.54) is 5.01 Å². The third kappa shape index (κ3) is 3.33. The zero-order chi connectivity index (χ0) is 16.1. The average Bonchev–Trinajstić information content (AvgIpc) is 2.82. The van der Waals surface area contributed by atoms with Gasteiger partial charge in [-0.1, -0.05) is 0 Å². The molecule has 1 aromatic carbocycles. The number of methoxy groups -OCH3 is 1. The summed E-state index contributed by atoms with van der Waals surface area (Å²) in [5, 5.41) is 14.6. The van der Waals surface area contributed by atoms with Crippen molar-refractivity contribution in [1.82, 2.24) is 0 Å². The molecular weight excluding hydrogens is 282 g/mol. The fraction of sp³-hybridized carbons (Fsp3) is 0.438. The number of amides is 1. The summed E-state index contributed by atoms with van der Waals surface area (Å²) in [7, 11) is 1.60. The number of hydrazone groups is 1. The molecule has 2 rings (SSSR count). The van der Waals surface area contributed by atoms with E-state index in [0.29, 0.717) is 18.7 Å². The minimum atomic E-state index is -0.416. The summed E-state index contributed by atoms with van der Waals surface area (Å²) >= 11 is 0. The maximum absolute atomic E-state index is 12.6. The fourth-order valence-electron chi connectivity index (χ4n) is 2.37. The SMILES string of the molecule is COc1ccc(N2N=C(C)[C@@H](C(C)=NCCCO)C2=O)cc1. The Hall–Kier alpha value is -2.21. The molecule has 0 unspecified atom stereocenters. The fourth-order valence-corrected chi connectivity index (χ4v) is 2.37. The van der Waals surface area contributed by atoms with Gasteiger partial charge in [0.25, 0.3) is 5.91 Å². The van der Waals surface area contributed by atoms with Crippen LogP contribution in [-0.4, -0.2) is 42.7 Å². The van der Waals surface area contributed by atoms with Gasteiger partial charge in [0.1, 0.15) is 11.7 Å². The van der Waals surface area contributed by atoms with Crippen LogP contribution in [-0.2, 0) is 4.79 Å². The van der Waals surface area contributed by atoms with Gasteiger partial charge in [0.2, 0.25) is 0 Å². The summed E-state index contributed by atoms with van der Waals surface area (Å²) in [6.07, 6.45) is 0.594. The Morgan fingerprint density at radius 3 is 2.68 bits per heavy atom. The van der Waals surface area contributed by atoms with Crippen LogP contribution < -0.4 is 9.75 Å². The number of hydrogen-bond donors (Lipinski definition) is 1. The zero-order valence-electron chi connectivity index (χ0n) is 13.1. The molecule has 6 heteroatoms. The molecule has 1 amide bonds. The van der Waals surface area contributed by atoms with Crippen LogP contribution in [0.4, 0.5) is 5.69 Å². The Balaban J connectivity index is 2.17. The van der Waals surface area contributed by atoms with Crippen LogP contribution in [0.2, 0.25) is 0 Å². The van der Waals surface area contributed by atoms with Gasteiger partial charge in [0.05, 0.1) is 18.5 Å². The predicted molar refractivity (Wildman–Crippen MR) is 86.8 cm³/mol. The van der Waals surface area contributed by atoms with E-state index in [1.807, 2.05) is 13.8 Å². The number of aliphatic imine (C=N–C) groups is 1. The lowest BCUT2D eigenvalue weighted by Gasteiger charge is -2.14. The van der Waals surface area contributed by atoms with E-state index >= 15 is 0 Å². The number of hydrogen-bond acceptors (Lipinski definition) is 5. The largest absolute Gasteiger partial charge is 0.497 e. The second kappa shape index (κ2) is 7.17. The van der Waals surface area contributed by atoms with Gasteiger partial charge in [0.15, 0.2) is 0 Å². The highest BCUT2D eigenvalue weighted by Crippen LogP contribution is 2.26. The molecule has 6 nitrogen and oxygen atoms in total. The highest BCUT2D eigenvalue weighted by molar-refractivity contribution is 6.27. The maximum Gasteiger partial charge on any atom is 0.261 e. The second-order valence-electron chi connectivity index (χ2n) is 5.12. The molecule has 0 saturated carbocycles. The van der Waals surface area contributed by atoms with E-state index in [0.717, 1.165) is 17.2 Å². The van der Waals surface area contributed by atoms with Crippen LogP contribution in [0.25, 0.3) is 0 Å². The molecule has 0 bridgehead atoms. The molecule has 118 valence electrons. The molecule has 0 spiro atoms. The molecule has 1 aliphatic rings. The molecule has 1 aromatic rings. The van der Waals surface area contributed by atoms with E-state index in [4.69, 9.17) is 9.84 Å². The predicted octanol–water partition coefficient (Wildman–Crippen LogP) is 1.88. The van der Waals surface area contributed by atoms with Gasteiger partial charge >= 0.3 is 0 Å². The summed E-state index contributed by atoms with van der Waals surface area (Å²) in [5.41, 5.74) is 2.16. The summed E-state index contributed by atoms with van der Waals surface area (Å²) < 4.78 is 5.12. The molecule has 22 heavy (non-hydrogen) atoms. The van der Waals surface area contributed by atoms with E-state index in [9.17, 15) is 4.79 Å². The van der Waals surface area contributed by atoms with Crippen LogP contribution in [0.3, 0.4) is 0 Å². The van der Waals surface area contributed by atoms with Crippen molar-refractivity contribution in [3.05, 3.63) is 24.3 Å². The van der Waals surface area contributed by atoms with Gasteiger partial charge in [0, 0.05) is 18.9 Å². The molecule has 0 fully saturated rings. The monoisotopic (exact) mass is 303 g/mol. The zero-order valence-corrected chi connectivity index (χ0v) is 13.1.